The molecular formula is C12H13FINO2. The van der Waals surface area contributed by atoms with Gasteiger partial charge < -0.3 is 10.1 Å². The van der Waals surface area contributed by atoms with E-state index >= 15 is 0 Å². The Bertz CT molecular complexity index is 419. The van der Waals surface area contributed by atoms with Crippen LogP contribution in [0.25, 0.3) is 0 Å². The Balaban J connectivity index is 2.02. The van der Waals surface area contributed by atoms with Crippen molar-refractivity contribution in [1.29, 1.82) is 0 Å². The topological polar surface area (TPSA) is 38.3 Å². The zero-order valence-corrected chi connectivity index (χ0v) is 11.4. The van der Waals surface area contributed by atoms with Crippen LogP contribution < -0.4 is 5.32 Å². The summed E-state index contributed by atoms with van der Waals surface area (Å²) >= 11 is 2.00. The molecule has 0 bridgehead atoms. The van der Waals surface area contributed by atoms with E-state index in [1.807, 2.05) is 22.6 Å². The molecule has 5 heteroatoms. The van der Waals surface area contributed by atoms with E-state index in [1.54, 1.807) is 6.07 Å². The number of benzene rings is 1. The summed E-state index contributed by atoms with van der Waals surface area (Å²) in [6.07, 6.45) is 1.77. The zero-order chi connectivity index (χ0) is 12.3. The van der Waals surface area contributed by atoms with Gasteiger partial charge in [0.2, 0.25) is 5.91 Å². The minimum atomic E-state index is -0.298. The number of anilines is 1. The molecule has 0 saturated carbocycles. The van der Waals surface area contributed by atoms with Crippen LogP contribution in [0.4, 0.5) is 10.1 Å². The van der Waals surface area contributed by atoms with Gasteiger partial charge >= 0.3 is 0 Å². The third kappa shape index (κ3) is 3.38. The molecule has 1 heterocycles. The van der Waals surface area contributed by atoms with Crippen molar-refractivity contribution in [1.82, 2.24) is 0 Å². The number of ether oxygens (including phenoxy) is 1. The van der Waals surface area contributed by atoms with Crippen LogP contribution in [0.3, 0.4) is 0 Å². The van der Waals surface area contributed by atoms with Crippen molar-refractivity contribution in [2.45, 2.75) is 12.8 Å². The second-order valence-corrected chi connectivity index (χ2v) is 5.19. The van der Waals surface area contributed by atoms with Crippen LogP contribution in [0, 0.1) is 15.3 Å². The maximum atomic E-state index is 12.9. The second kappa shape index (κ2) is 5.77. The molecule has 3 nitrogen and oxygen atoms in total. The van der Waals surface area contributed by atoms with Gasteiger partial charge in [0.15, 0.2) is 0 Å². The average molecular weight is 349 g/mol. The number of carbonyl (C=O) groups excluding carboxylic acids is 1. The van der Waals surface area contributed by atoms with Crippen LogP contribution in [0.2, 0.25) is 0 Å². The molecule has 0 aliphatic carbocycles. The molecule has 2 rings (SSSR count). The Morgan fingerprint density at radius 2 is 2.35 bits per heavy atom. The molecule has 1 saturated heterocycles. The van der Waals surface area contributed by atoms with Crippen LogP contribution in [0.5, 0.6) is 0 Å². The van der Waals surface area contributed by atoms with Gasteiger partial charge in [-0.15, -0.1) is 0 Å². The lowest BCUT2D eigenvalue weighted by molar-refractivity contribution is -0.123. The summed E-state index contributed by atoms with van der Waals surface area (Å²) in [6, 6.07) is 4.32. The van der Waals surface area contributed by atoms with Crippen LogP contribution in [-0.2, 0) is 9.53 Å². The number of carbonyl (C=O) groups is 1. The van der Waals surface area contributed by atoms with Gasteiger partial charge in [0.25, 0.3) is 0 Å². The van der Waals surface area contributed by atoms with E-state index in [-0.39, 0.29) is 17.6 Å². The van der Waals surface area contributed by atoms with Crippen LogP contribution in [0.15, 0.2) is 18.2 Å². The number of hydrogen-bond donors (Lipinski definition) is 1. The molecule has 0 spiro atoms. The molecule has 1 atom stereocenters. The number of amides is 1. The largest absolute Gasteiger partial charge is 0.381 e. The third-order valence-electron chi connectivity index (χ3n) is 2.72. The van der Waals surface area contributed by atoms with E-state index < -0.39 is 0 Å². The Hall–Kier alpha value is -0.690. The van der Waals surface area contributed by atoms with Gasteiger partial charge in [-0.3, -0.25) is 4.79 Å². The van der Waals surface area contributed by atoms with Gasteiger partial charge in [0.05, 0.1) is 18.2 Å². The van der Waals surface area contributed by atoms with Crippen molar-refractivity contribution in [2.75, 3.05) is 18.5 Å². The quantitative estimate of drug-likeness (QED) is 0.834. The lowest BCUT2D eigenvalue weighted by atomic mass is 10.0. The lowest BCUT2D eigenvalue weighted by Gasteiger charge is -2.21. The molecule has 1 aliphatic heterocycles. The molecule has 1 fully saturated rings. The van der Waals surface area contributed by atoms with E-state index in [4.69, 9.17) is 4.74 Å². The summed E-state index contributed by atoms with van der Waals surface area (Å²) in [6.45, 7) is 1.21. The highest BCUT2D eigenvalue weighted by molar-refractivity contribution is 14.1. The molecule has 1 N–H and O–H groups in total. The van der Waals surface area contributed by atoms with Crippen LogP contribution >= 0.6 is 22.6 Å². The Morgan fingerprint density at radius 3 is 3.00 bits per heavy atom. The highest BCUT2D eigenvalue weighted by Gasteiger charge is 2.22. The summed E-state index contributed by atoms with van der Waals surface area (Å²) < 4.78 is 18.9. The summed E-state index contributed by atoms with van der Waals surface area (Å²) in [5, 5.41) is 2.81. The number of nitrogens with one attached hydrogen (secondary N) is 1. The van der Waals surface area contributed by atoms with Crippen LogP contribution in [-0.4, -0.2) is 19.1 Å². The van der Waals surface area contributed by atoms with Gasteiger partial charge in [-0.2, -0.15) is 0 Å². The summed E-state index contributed by atoms with van der Waals surface area (Å²) in [4.78, 5) is 11.9. The Kier molecular flexibility index (Phi) is 4.33. The van der Waals surface area contributed by atoms with Gasteiger partial charge in [-0.25, -0.2) is 4.39 Å². The van der Waals surface area contributed by atoms with Crippen molar-refractivity contribution in [2.24, 2.45) is 5.92 Å². The normalized spacial score (nSPS) is 20.0. The molecular weight excluding hydrogens is 336 g/mol. The van der Waals surface area contributed by atoms with Gasteiger partial charge in [0, 0.05) is 10.2 Å². The SMILES string of the molecule is O=C(Nc1ccc(F)cc1I)C1CCCOC1. The molecule has 0 aromatic heterocycles. The average Bonchev–Trinajstić information content (AvgIpc) is 2.34. The molecule has 17 heavy (non-hydrogen) atoms. The smallest absolute Gasteiger partial charge is 0.229 e. The van der Waals surface area contributed by atoms with E-state index in [0.29, 0.717) is 15.9 Å². The number of rotatable bonds is 2. The van der Waals surface area contributed by atoms with E-state index in [9.17, 15) is 9.18 Å². The second-order valence-electron chi connectivity index (χ2n) is 4.03. The maximum absolute atomic E-state index is 12.9. The Morgan fingerprint density at radius 1 is 1.53 bits per heavy atom. The third-order valence-corrected chi connectivity index (χ3v) is 3.61. The van der Waals surface area contributed by atoms with E-state index in [0.717, 1.165) is 19.4 Å². The van der Waals surface area contributed by atoms with Crippen molar-refractivity contribution < 1.29 is 13.9 Å². The minimum absolute atomic E-state index is 0.0470. The summed E-state index contributed by atoms with van der Waals surface area (Å²) in [5.74, 6) is -0.438. The highest BCUT2D eigenvalue weighted by Crippen LogP contribution is 2.21. The summed E-state index contributed by atoms with van der Waals surface area (Å²) in [5.41, 5.74) is 0.655. The number of halogens is 2. The lowest BCUT2D eigenvalue weighted by Crippen LogP contribution is -2.30. The van der Waals surface area contributed by atoms with Gasteiger partial charge in [0.1, 0.15) is 5.82 Å². The standard InChI is InChI=1S/C12H13FINO2/c13-9-3-4-11(10(14)6-9)15-12(16)8-2-1-5-17-7-8/h3-4,6,8H,1-2,5,7H2,(H,15,16). The number of hydrogen-bond acceptors (Lipinski definition) is 2. The van der Waals surface area contributed by atoms with Crippen molar-refractivity contribution in [3.05, 3.63) is 27.6 Å². The molecule has 1 aromatic rings. The van der Waals surface area contributed by atoms with Crippen molar-refractivity contribution in [3.63, 3.8) is 0 Å². The molecule has 92 valence electrons. The molecule has 1 unspecified atom stereocenters. The molecule has 1 amide bonds. The Labute approximate surface area is 113 Å². The fraction of sp³-hybridized carbons (Fsp3) is 0.417. The highest BCUT2D eigenvalue weighted by atomic mass is 127. The van der Waals surface area contributed by atoms with Crippen LogP contribution in [0.1, 0.15) is 12.8 Å². The van der Waals surface area contributed by atoms with Crippen molar-refractivity contribution in [3.8, 4) is 0 Å². The summed E-state index contributed by atoms with van der Waals surface area (Å²) in [7, 11) is 0. The minimum Gasteiger partial charge on any atom is -0.381 e. The van der Waals surface area contributed by atoms with Crippen molar-refractivity contribution >= 4 is 34.2 Å². The first kappa shape index (κ1) is 12.8. The maximum Gasteiger partial charge on any atom is 0.229 e. The fourth-order valence-electron chi connectivity index (χ4n) is 1.77. The fourth-order valence-corrected chi connectivity index (χ4v) is 2.39. The molecule has 1 aromatic carbocycles. The first-order valence-electron chi connectivity index (χ1n) is 5.50. The predicted octanol–water partition coefficient (Wildman–Crippen LogP) is 2.80. The van der Waals surface area contributed by atoms with Gasteiger partial charge in [-0.05, 0) is 53.6 Å². The first-order valence-corrected chi connectivity index (χ1v) is 6.58. The predicted molar refractivity (Wildman–Crippen MR) is 71.3 cm³/mol. The van der Waals surface area contributed by atoms with E-state index in [1.165, 1.54) is 12.1 Å². The molecule has 0 radical (unpaired) electrons. The molecule has 1 aliphatic rings. The first-order chi connectivity index (χ1) is 8.16. The van der Waals surface area contributed by atoms with Gasteiger partial charge in [-0.1, -0.05) is 0 Å². The monoisotopic (exact) mass is 349 g/mol. The zero-order valence-electron chi connectivity index (χ0n) is 9.21. The van der Waals surface area contributed by atoms with E-state index in [2.05, 4.69) is 5.32 Å².